The summed E-state index contributed by atoms with van der Waals surface area (Å²) in [5, 5.41) is 1.34. The van der Waals surface area contributed by atoms with E-state index in [0.717, 1.165) is 80.0 Å². The van der Waals surface area contributed by atoms with Crippen LogP contribution in [0.3, 0.4) is 0 Å². The minimum atomic E-state index is 0.691. The molecule has 2 heterocycles. The van der Waals surface area contributed by atoms with Crippen LogP contribution in [0, 0.1) is 0 Å². The van der Waals surface area contributed by atoms with Gasteiger partial charge in [-0.3, -0.25) is 0 Å². The summed E-state index contributed by atoms with van der Waals surface area (Å²) in [7, 11) is 0. The average molecular weight is 704 g/mol. The lowest BCUT2D eigenvalue weighted by Crippen LogP contribution is -2.00. The number of aryl methyl sites for hydroxylation is 1. The Kier molecular flexibility index (Phi) is 8.31. The van der Waals surface area contributed by atoms with Gasteiger partial charge in [0.05, 0.1) is 16.9 Å². The van der Waals surface area contributed by atoms with E-state index in [0.29, 0.717) is 5.82 Å². The standard InChI is InChI=1S/C52H37N3/c1-4-16-36(17-5-1)42-31-43(37-18-6-2-7-19-37)33-44(32-42)52-53-48(38-20-8-3-9-21-38)35-49(54-52)41-24-14-22-39(30-41)40-23-15-25-45(34-40)55-50-28-12-10-26-46(50)47-27-11-13-29-51(47)55/h1-10,12-26,28-35H,11,27H2. The highest BCUT2D eigenvalue weighted by Gasteiger charge is 2.19. The molecular formula is C52H37N3. The molecule has 0 saturated carbocycles. The maximum Gasteiger partial charge on any atom is 0.160 e. The van der Waals surface area contributed by atoms with E-state index in [4.69, 9.17) is 9.97 Å². The first-order chi connectivity index (χ1) is 27.2. The van der Waals surface area contributed by atoms with Crippen LogP contribution in [-0.2, 0) is 6.42 Å². The molecule has 0 amide bonds. The van der Waals surface area contributed by atoms with E-state index in [-0.39, 0.29) is 0 Å². The molecule has 0 unspecified atom stereocenters. The number of hydrogen-bond acceptors (Lipinski definition) is 2. The number of fused-ring (bicyclic) bond motifs is 3. The lowest BCUT2D eigenvalue weighted by molar-refractivity contribution is 0.968. The van der Waals surface area contributed by atoms with E-state index in [1.807, 2.05) is 6.07 Å². The Bertz CT molecular complexity index is 2790. The van der Waals surface area contributed by atoms with Gasteiger partial charge in [0.1, 0.15) is 0 Å². The number of hydrogen-bond donors (Lipinski definition) is 0. The van der Waals surface area contributed by atoms with Gasteiger partial charge in [0, 0.05) is 33.5 Å². The van der Waals surface area contributed by atoms with Crippen LogP contribution in [0.15, 0.2) is 194 Å². The van der Waals surface area contributed by atoms with Gasteiger partial charge in [0.15, 0.2) is 5.82 Å². The highest BCUT2D eigenvalue weighted by Crippen LogP contribution is 2.37. The van der Waals surface area contributed by atoms with Gasteiger partial charge in [-0.25, -0.2) is 9.97 Å². The number of nitrogens with zero attached hydrogens (tertiary/aromatic N) is 3. The van der Waals surface area contributed by atoms with Crippen molar-refractivity contribution in [1.82, 2.24) is 14.5 Å². The number of rotatable bonds is 7. The molecule has 1 aliphatic carbocycles. The number of aromatic nitrogens is 3. The third kappa shape index (κ3) is 6.26. The summed E-state index contributed by atoms with van der Waals surface area (Å²) in [5.74, 6) is 0.691. The Morgan fingerprint density at radius 1 is 0.400 bits per heavy atom. The largest absolute Gasteiger partial charge is 0.310 e. The van der Waals surface area contributed by atoms with Crippen LogP contribution in [0.5, 0.6) is 0 Å². The normalized spacial score (nSPS) is 12.1. The van der Waals surface area contributed by atoms with Crippen molar-refractivity contribution in [2.75, 3.05) is 0 Å². The predicted molar refractivity (Wildman–Crippen MR) is 229 cm³/mol. The highest BCUT2D eigenvalue weighted by atomic mass is 15.0. The van der Waals surface area contributed by atoms with Gasteiger partial charge in [0.25, 0.3) is 0 Å². The van der Waals surface area contributed by atoms with Crippen molar-refractivity contribution in [2.24, 2.45) is 0 Å². The van der Waals surface area contributed by atoms with Gasteiger partial charge >= 0.3 is 0 Å². The summed E-state index contributed by atoms with van der Waals surface area (Å²) >= 11 is 0. The Morgan fingerprint density at radius 2 is 0.927 bits per heavy atom. The molecule has 0 aliphatic heterocycles. The molecular weight excluding hydrogens is 667 g/mol. The van der Waals surface area contributed by atoms with Gasteiger partial charge in [-0.15, -0.1) is 0 Å². The smallest absolute Gasteiger partial charge is 0.160 e. The fraction of sp³-hybridized carbons (Fsp3) is 0.0385. The molecule has 0 radical (unpaired) electrons. The summed E-state index contributed by atoms with van der Waals surface area (Å²) in [6.45, 7) is 0. The molecule has 2 aromatic heterocycles. The first kappa shape index (κ1) is 32.5. The van der Waals surface area contributed by atoms with E-state index in [2.05, 4.69) is 199 Å². The molecule has 55 heavy (non-hydrogen) atoms. The lowest BCUT2D eigenvalue weighted by Gasteiger charge is -2.14. The highest BCUT2D eigenvalue weighted by molar-refractivity contribution is 5.91. The Balaban J connectivity index is 1.10. The van der Waals surface area contributed by atoms with Crippen molar-refractivity contribution in [3.8, 4) is 73.0 Å². The Morgan fingerprint density at radius 3 is 1.64 bits per heavy atom. The third-order valence-corrected chi connectivity index (χ3v) is 10.7. The van der Waals surface area contributed by atoms with Crippen LogP contribution >= 0.6 is 0 Å². The van der Waals surface area contributed by atoms with E-state index >= 15 is 0 Å². The molecule has 9 aromatic rings. The lowest BCUT2D eigenvalue weighted by atomic mass is 9.95. The monoisotopic (exact) mass is 703 g/mol. The Hall–Kier alpha value is -7.10. The summed E-state index contributed by atoms with van der Waals surface area (Å²) in [5.41, 5.74) is 16.8. The molecule has 7 aromatic carbocycles. The molecule has 3 heteroatoms. The summed E-state index contributed by atoms with van der Waals surface area (Å²) in [6.07, 6.45) is 6.74. The minimum Gasteiger partial charge on any atom is -0.310 e. The first-order valence-electron chi connectivity index (χ1n) is 19.0. The SMILES string of the molecule is C1=Cc2c(c3ccccc3n2-c2cccc(-c3cccc(-c4cc(-c5ccccc5)nc(-c5cc(-c6ccccc6)cc(-c6ccccc6)c5)n4)c3)c2)CC1. The zero-order valence-corrected chi connectivity index (χ0v) is 30.3. The summed E-state index contributed by atoms with van der Waals surface area (Å²) in [6, 6.07) is 66.8. The fourth-order valence-corrected chi connectivity index (χ4v) is 7.98. The molecule has 0 N–H and O–H groups in total. The van der Waals surface area contributed by atoms with Crippen molar-refractivity contribution in [1.29, 1.82) is 0 Å². The zero-order chi connectivity index (χ0) is 36.6. The number of allylic oxidation sites excluding steroid dienone is 1. The topological polar surface area (TPSA) is 30.7 Å². The molecule has 0 atom stereocenters. The molecule has 260 valence electrons. The second kappa shape index (κ2) is 14.0. The van der Waals surface area contributed by atoms with Gasteiger partial charge < -0.3 is 4.57 Å². The van der Waals surface area contributed by atoms with Crippen molar-refractivity contribution in [3.05, 3.63) is 205 Å². The number of para-hydroxylation sites is 1. The fourth-order valence-electron chi connectivity index (χ4n) is 7.98. The summed E-state index contributed by atoms with van der Waals surface area (Å²) < 4.78 is 2.42. The van der Waals surface area contributed by atoms with Crippen molar-refractivity contribution in [3.63, 3.8) is 0 Å². The maximum absolute atomic E-state index is 5.32. The van der Waals surface area contributed by atoms with Gasteiger partial charge in [-0.05, 0) is 106 Å². The zero-order valence-electron chi connectivity index (χ0n) is 30.3. The molecule has 3 nitrogen and oxygen atoms in total. The van der Waals surface area contributed by atoms with E-state index < -0.39 is 0 Å². The van der Waals surface area contributed by atoms with Crippen LogP contribution in [0.2, 0.25) is 0 Å². The molecule has 0 saturated heterocycles. The molecule has 0 bridgehead atoms. The van der Waals surface area contributed by atoms with Gasteiger partial charge in [-0.1, -0.05) is 146 Å². The molecule has 10 rings (SSSR count). The quantitative estimate of drug-likeness (QED) is 0.165. The second-order valence-corrected chi connectivity index (χ2v) is 14.1. The van der Waals surface area contributed by atoms with E-state index in [1.165, 1.54) is 22.2 Å². The molecule has 0 fully saturated rings. The van der Waals surface area contributed by atoms with Crippen LogP contribution in [-0.4, -0.2) is 14.5 Å². The second-order valence-electron chi connectivity index (χ2n) is 14.1. The molecule has 0 spiro atoms. The van der Waals surface area contributed by atoms with Gasteiger partial charge in [-0.2, -0.15) is 0 Å². The van der Waals surface area contributed by atoms with Crippen molar-refractivity contribution in [2.45, 2.75) is 12.8 Å². The van der Waals surface area contributed by atoms with Crippen LogP contribution in [0.25, 0.3) is 89.9 Å². The van der Waals surface area contributed by atoms with E-state index in [1.54, 1.807) is 0 Å². The number of benzene rings is 7. The minimum absolute atomic E-state index is 0.691. The first-order valence-corrected chi connectivity index (χ1v) is 19.0. The van der Waals surface area contributed by atoms with Crippen LogP contribution in [0.4, 0.5) is 0 Å². The third-order valence-electron chi connectivity index (χ3n) is 10.7. The molecule has 1 aliphatic rings. The Labute approximate surface area is 321 Å². The maximum atomic E-state index is 5.32. The van der Waals surface area contributed by atoms with Crippen LogP contribution < -0.4 is 0 Å². The predicted octanol–water partition coefficient (Wildman–Crippen LogP) is 13.4. The van der Waals surface area contributed by atoms with Gasteiger partial charge in [0.2, 0.25) is 0 Å². The van der Waals surface area contributed by atoms with E-state index in [9.17, 15) is 0 Å². The van der Waals surface area contributed by atoms with Crippen LogP contribution in [0.1, 0.15) is 17.7 Å². The average Bonchev–Trinajstić information content (AvgIpc) is 3.61. The van der Waals surface area contributed by atoms with Crippen molar-refractivity contribution >= 4 is 17.0 Å². The summed E-state index contributed by atoms with van der Waals surface area (Å²) in [4.78, 5) is 10.6. The van der Waals surface area contributed by atoms with Crippen molar-refractivity contribution < 1.29 is 0 Å².